The third kappa shape index (κ3) is 4.45. The molecule has 33 heavy (non-hydrogen) atoms. The molecule has 0 unspecified atom stereocenters. The SMILES string of the molecule is CCOC(=O)c1cc(C)nn1-c1cc(Nc2c(CC)c(-c3ccc(F)cc3)nn2C)ncn1. The van der Waals surface area contributed by atoms with Crippen molar-refractivity contribution < 1.29 is 13.9 Å². The van der Waals surface area contributed by atoms with Crippen molar-refractivity contribution in [2.45, 2.75) is 27.2 Å². The van der Waals surface area contributed by atoms with Crippen LogP contribution in [0, 0.1) is 12.7 Å². The van der Waals surface area contributed by atoms with Crippen molar-refractivity contribution in [1.29, 1.82) is 0 Å². The molecule has 0 atom stereocenters. The minimum atomic E-state index is -0.477. The van der Waals surface area contributed by atoms with Gasteiger partial charge in [-0.05, 0) is 50.6 Å². The lowest BCUT2D eigenvalue weighted by atomic mass is 10.1. The van der Waals surface area contributed by atoms with Gasteiger partial charge in [0.2, 0.25) is 0 Å². The Morgan fingerprint density at radius 3 is 2.58 bits per heavy atom. The van der Waals surface area contributed by atoms with Crippen molar-refractivity contribution in [3.63, 3.8) is 0 Å². The van der Waals surface area contributed by atoms with E-state index in [4.69, 9.17) is 4.74 Å². The Kier molecular flexibility index (Phi) is 6.16. The summed E-state index contributed by atoms with van der Waals surface area (Å²) in [6.07, 6.45) is 2.10. The van der Waals surface area contributed by atoms with E-state index < -0.39 is 5.97 Å². The number of carbonyl (C=O) groups is 1. The number of halogens is 1. The molecular weight excluding hydrogens is 425 g/mol. The summed E-state index contributed by atoms with van der Waals surface area (Å²) in [6, 6.07) is 9.60. The number of nitrogens with zero attached hydrogens (tertiary/aromatic N) is 6. The van der Waals surface area contributed by atoms with Gasteiger partial charge in [-0.2, -0.15) is 10.2 Å². The number of hydrogen-bond donors (Lipinski definition) is 1. The highest BCUT2D eigenvalue weighted by atomic mass is 19.1. The van der Waals surface area contributed by atoms with Gasteiger partial charge in [-0.15, -0.1) is 0 Å². The second-order valence-corrected chi connectivity index (χ2v) is 7.35. The van der Waals surface area contributed by atoms with E-state index in [1.165, 1.54) is 23.1 Å². The first-order valence-corrected chi connectivity index (χ1v) is 10.6. The second kappa shape index (κ2) is 9.19. The summed E-state index contributed by atoms with van der Waals surface area (Å²) in [5, 5.41) is 12.3. The number of benzene rings is 1. The van der Waals surface area contributed by atoms with Crippen molar-refractivity contribution >= 4 is 17.6 Å². The first-order valence-electron chi connectivity index (χ1n) is 10.6. The van der Waals surface area contributed by atoms with E-state index in [0.29, 0.717) is 23.8 Å². The Morgan fingerprint density at radius 1 is 1.12 bits per heavy atom. The number of nitrogens with one attached hydrogen (secondary N) is 1. The zero-order chi connectivity index (χ0) is 23.5. The van der Waals surface area contributed by atoms with Gasteiger partial charge in [0.05, 0.1) is 18.0 Å². The number of aryl methyl sites for hydroxylation is 2. The van der Waals surface area contributed by atoms with Crippen molar-refractivity contribution in [2.75, 3.05) is 11.9 Å². The predicted molar refractivity (Wildman–Crippen MR) is 121 cm³/mol. The number of anilines is 2. The van der Waals surface area contributed by atoms with Crippen LogP contribution in [0.15, 0.2) is 42.7 Å². The van der Waals surface area contributed by atoms with Gasteiger partial charge in [0.15, 0.2) is 11.5 Å². The molecule has 3 aromatic heterocycles. The van der Waals surface area contributed by atoms with E-state index in [1.54, 1.807) is 42.8 Å². The molecule has 0 saturated carbocycles. The summed E-state index contributed by atoms with van der Waals surface area (Å²) in [4.78, 5) is 20.9. The van der Waals surface area contributed by atoms with Crippen LogP contribution in [0.5, 0.6) is 0 Å². The molecule has 0 spiro atoms. The maximum absolute atomic E-state index is 13.4. The molecule has 3 heterocycles. The maximum atomic E-state index is 13.4. The minimum Gasteiger partial charge on any atom is -0.461 e. The molecule has 0 radical (unpaired) electrons. The molecule has 9 nitrogen and oxygen atoms in total. The number of ether oxygens (including phenoxy) is 1. The fourth-order valence-corrected chi connectivity index (χ4v) is 3.58. The normalized spacial score (nSPS) is 10.9. The van der Waals surface area contributed by atoms with Gasteiger partial charge in [-0.1, -0.05) is 6.92 Å². The quantitative estimate of drug-likeness (QED) is 0.426. The molecule has 0 aliphatic rings. The van der Waals surface area contributed by atoms with Crippen molar-refractivity contribution in [1.82, 2.24) is 29.5 Å². The smallest absolute Gasteiger partial charge is 0.357 e. The minimum absolute atomic E-state index is 0.260. The fraction of sp³-hybridized carbons (Fsp3) is 0.261. The molecule has 4 rings (SSSR count). The number of esters is 1. The van der Waals surface area contributed by atoms with E-state index in [2.05, 4.69) is 25.5 Å². The van der Waals surface area contributed by atoms with E-state index in [-0.39, 0.29) is 18.1 Å². The molecule has 0 amide bonds. The number of aromatic nitrogens is 6. The Bertz CT molecular complexity index is 1290. The van der Waals surface area contributed by atoms with Crippen LogP contribution < -0.4 is 5.32 Å². The highest BCUT2D eigenvalue weighted by Crippen LogP contribution is 2.31. The average Bonchev–Trinajstić information content (AvgIpc) is 3.34. The highest BCUT2D eigenvalue weighted by Gasteiger charge is 2.20. The maximum Gasteiger partial charge on any atom is 0.357 e. The highest BCUT2D eigenvalue weighted by molar-refractivity contribution is 5.88. The lowest BCUT2D eigenvalue weighted by Gasteiger charge is -2.10. The third-order valence-corrected chi connectivity index (χ3v) is 5.05. The zero-order valence-corrected chi connectivity index (χ0v) is 18.8. The number of hydrogen-bond acceptors (Lipinski definition) is 7. The van der Waals surface area contributed by atoms with Crippen molar-refractivity contribution in [2.24, 2.45) is 7.05 Å². The summed E-state index contributed by atoms with van der Waals surface area (Å²) in [5.41, 5.74) is 3.50. The molecule has 0 fully saturated rings. The number of carbonyl (C=O) groups excluding carboxylic acids is 1. The molecule has 4 aromatic rings. The second-order valence-electron chi connectivity index (χ2n) is 7.35. The molecule has 0 aliphatic heterocycles. The van der Waals surface area contributed by atoms with E-state index in [9.17, 15) is 9.18 Å². The van der Waals surface area contributed by atoms with Crippen molar-refractivity contribution in [3.8, 4) is 17.1 Å². The topological polar surface area (TPSA) is 99.8 Å². The van der Waals surface area contributed by atoms with Crippen LogP contribution in [0.4, 0.5) is 16.0 Å². The molecule has 0 saturated heterocycles. The van der Waals surface area contributed by atoms with Crippen LogP contribution in [0.1, 0.15) is 35.6 Å². The summed E-state index contributed by atoms with van der Waals surface area (Å²) >= 11 is 0. The van der Waals surface area contributed by atoms with Gasteiger partial charge in [0.25, 0.3) is 0 Å². The van der Waals surface area contributed by atoms with Crippen LogP contribution in [-0.4, -0.2) is 42.1 Å². The Balaban J connectivity index is 1.69. The van der Waals surface area contributed by atoms with Gasteiger partial charge in [-0.3, -0.25) is 4.68 Å². The van der Waals surface area contributed by atoms with Crippen LogP contribution in [0.2, 0.25) is 0 Å². The van der Waals surface area contributed by atoms with Gasteiger partial charge in [-0.25, -0.2) is 23.8 Å². The molecule has 0 aliphatic carbocycles. The predicted octanol–water partition coefficient (Wildman–Crippen LogP) is 3.99. The lowest BCUT2D eigenvalue weighted by molar-refractivity contribution is 0.0515. The first-order chi connectivity index (χ1) is 15.9. The van der Waals surface area contributed by atoms with Crippen LogP contribution in [0.25, 0.3) is 17.1 Å². The fourth-order valence-electron chi connectivity index (χ4n) is 3.58. The standard InChI is InChI=1S/C23H24FN7O2/c1-5-17-21(15-7-9-16(24)10-8-15)29-30(4)22(17)27-19-12-20(26-13-25-19)31-18(11-14(3)28-31)23(32)33-6-2/h7-13H,5-6H2,1-4H3,(H,25,26,27). The van der Waals surface area contributed by atoms with Gasteiger partial charge >= 0.3 is 5.97 Å². The average molecular weight is 449 g/mol. The summed E-state index contributed by atoms with van der Waals surface area (Å²) < 4.78 is 21.7. The van der Waals surface area contributed by atoms with Gasteiger partial charge in [0.1, 0.15) is 23.8 Å². The Labute approximate surface area is 190 Å². The summed E-state index contributed by atoms with van der Waals surface area (Å²) in [5.74, 6) is 0.906. The Hall–Kier alpha value is -4.08. The van der Waals surface area contributed by atoms with Gasteiger partial charge in [0, 0.05) is 24.2 Å². The molecule has 10 heteroatoms. The molecule has 170 valence electrons. The van der Waals surface area contributed by atoms with Crippen molar-refractivity contribution in [3.05, 3.63) is 65.5 Å². The van der Waals surface area contributed by atoms with E-state index >= 15 is 0 Å². The van der Waals surface area contributed by atoms with Crippen LogP contribution in [-0.2, 0) is 18.2 Å². The monoisotopic (exact) mass is 449 g/mol. The largest absolute Gasteiger partial charge is 0.461 e. The molecule has 1 N–H and O–H groups in total. The third-order valence-electron chi connectivity index (χ3n) is 5.05. The Morgan fingerprint density at radius 2 is 1.88 bits per heavy atom. The van der Waals surface area contributed by atoms with Crippen LogP contribution in [0.3, 0.4) is 0 Å². The first kappa shape index (κ1) is 22.1. The molecule has 1 aromatic carbocycles. The lowest BCUT2D eigenvalue weighted by Crippen LogP contribution is -2.13. The van der Waals surface area contributed by atoms with E-state index in [1.807, 2.05) is 14.0 Å². The number of rotatable bonds is 7. The molecular formula is C23H24FN7O2. The van der Waals surface area contributed by atoms with Crippen LogP contribution >= 0.6 is 0 Å². The summed E-state index contributed by atoms with van der Waals surface area (Å²) in [7, 11) is 1.83. The molecule has 0 bridgehead atoms. The zero-order valence-electron chi connectivity index (χ0n) is 18.8. The van der Waals surface area contributed by atoms with Gasteiger partial charge < -0.3 is 10.1 Å². The van der Waals surface area contributed by atoms with E-state index in [0.717, 1.165) is 22.6 Å². The summed E-state index contributed by atoms with van der Waals surface area (Å²) in [6.45, 7) is 5.83.